The molecule has 100 valence electrons. The first-order valence-electron chi connectivity index (χ1n) is 6.45. The number of esters is 2. The van der Waals surface area contributed by atoms with Crippen molar-refractivity contribution in [1.82, 2.24) is 0 Å². The molecule has 0 amide bonds. The highest BCUT2D eigenvalue weighted by molar-refractivity contribution is 5.75. The van der Waals surface area contributed by atoms with E-state index in [2.05, 4.69) is 11.7 Å². The van der Waals surface area contributed by atoms with Crippen molar-refractivity contribution in [3.63, 3.8) is 0 Å². The van der Waals surface area contributed by atoms with E-state index < -0.39 is 11.9 Å². The Labute approximate surface area is 104 Å². The SMILES string of the molecule is CCCCCCCCCOC(=O)COC(C)=O. The number of carbonyl (C=O) groups excluding carboxylic acids is 2. The van der Waals surface area contributed by atoms with Gasteiger partial charge in [-0.3, -0.25) is 4.79 Å². The summed E-state index contributed by atoms with van der Waals surface area (Å²) in [6.07, 6.45) is 8.28. The van der Waals surface area contributed by atoms with E-state index in [9.17, 15) is 9.59 Å². The third-order valence-electron chi connectivity index (χ3n) is 2.40. The minimum Gasteiger partial charge on any atom is -0.463 e. The Bertz CT molecular complexity index is 213. The predicted octanol–water partition coefficient (Wildman–Crippen LogP) is 2.84. The zero-order chi connectivity index (χ0) is 12.9. The van der Waals surface area contributed by atoms with Crippen molar-refractivity contribution in [1.29, 1.82) is 0 Å². The van der Waals surface area contributed by atoms with Crippen molar-refractivity contribution >= 4 is 11.9 Å². The van der Waals surface area contributed by atoms with Gasteiger partial charge in [0.05, 0.1) is 6.61 Å². The van der Waals surface area contributed by atoms with Crippen LogP contribution in [-0.2, 0) is 19.1 Å². The van der Waals surface area contributed by atoms with Crippen LogP contribution in [0.2, 0.25) is 0 Å². The van der Waals surface area contributed by atoms with Gasteiger partial charge in [-0.2, -0.15) is 0 Å². The smallest absolute Gasteiger partial charge is 0.344 e. The second-order valence-corrected chi connectivity index (χ2v) is 4.12. The summed E-state index contributed by atoms with van der Waals surface area (Å²) in [5.41, 5.74) is 0. The maximum atomic E-state index is 11.0. The van der Waals surface area contributed by atoms with Crippen molar-refractivity contribution in [3.05, 3.63) is 0 Å². The lowest BCUT2D eigenvalue weighted by Crippen LogP contribution is -2.15. The lowest BCUT2D eigenvalue weighted by Gasteiger charge is -2.04. The van der Waals surface area contributed by atoms with E-state index in [4.69, 9.17) is 4.74 Å². The van der Waals surface area contributed by atoms with Crippen molar-refractivity contribution in [3.8, 4) is 0 Å². The standard InChI is InChI=1S/C13H24O4/c1-3-4-5-6-7-8-9-10-16-13(15)11-17-12(2)14/h3-11H2,1-2H3. The third-order valence-corrected chi connectivity index (χ3v) is 2.40. The molecule has 4 nitrogen and oxygen atoms in total. The van der Waals surface area contributed by atoms with E-state index in [1.807, 2.05) is 0 Å². The van der Waals surface area contributed by atoms with Gasteiger partial charge in [0.2, 0.25) is 0 Å². The fourth-order valence-corrected chi connectivity index (χ4v) is 1.45. The van der Waals surface area contributed by atoms with E-state index >= 15 is 0 Å². The van der Waals surface area contributed by atoms with Crippen LogP contribution in [-0.4, -0.2) is 25.2 Å². The second-order valence-electron chi connectivity index (χ2n) is 4.12. The average molecular weight is 244 g/mol. The molecule has 0 spiro atoms. The Hall–Kier alpha value is -1.06. The molecule has 0 saturated carbocycles. The normalized spacial score (nSPS) is 10.0. The van der Waals surface area contributed by atoms with E-state index in [0.29, 0.717) is 6.61 Å². The molecule has 17 heavy (non-hydrogen) atoms. The topological polar surface area (TPSA) is 52.6 Å². The summed E-state index contributed by atoms with van der Waals surface area (Å²) in [5, 5.41) is 0. The van der Waals surface area contributed by atoms with Crippen molar-refractivity contribution in [2.45, 2.75) is 58.8 Å². The predicted molar refractivity (Wildman–Crippen MR) is 65.6 cm³/mol. The van der Waals surface area contributed by atoms with Crippen molar-refractivity contribution < 1.29 is 19.1 Å². The van der Waals surface area contributed by atoms with Crippen LogP contribution in [0.5, 0.6) is 0 Å². The molecule has 0 rings (SSSR count). The summed E-state index contributed by atoms with van der Waals surface area (Å²) in [4.78, 5) is 21.4. The zero-order valence-electron chi connectivity index (χ0n) is 11.0. The summed E-state index contributed by atoms with van der Waals surface area (Å²) < 4.78 is 9.42. The monoisotopic (exact) mass is 244 g/mol. The van der Waals surface area contributed by atoms with Gasteiger partial charge in [-0.1, -0.05) is 45.4 Å². The van der Waals surface area contributed by atoms with E-state index in [1.165, 1.54) is 39.0 Å². The van der Waals surface area contributed by atoms with Gasteiger partial charge >= 0.3 is 11.9 Å². The molecule has 0 bridgehead atoms. The molecule has 0 aliphatic rings. The van der Waals surface area contributed by atoms with Crippen LogP contribution in [0.3, 0.4) is 0 Å². The van der Waals surface area contributed by atoms with Crippen LogP contribution in [0.4, 0.5) is 0 Å². The van der Waals surface area contributed by atoms with Gasteiger partial charge in [-0.05, 0) is 6.42 Å². The van der Waals surface area contributed by atoms with Gasteiger partial charge < -0.3 is 9.47 Å². The maximum absolute atomic E-state index is 11.0. The minimum atomic E-state index is -0.466. The molecular formula is C13H24O4. The van der Waals surface area contributed by atoms with Crippen LogP contribution >= 0.6 is 0 Å². The molecule has 0 aromatic heterocycles. The molecule has 0 aliphatic carbocycles. The molecule has 0 N–H and O–H groups in total. The summed E-state index contributed by atoms with van der Waals surface area (Å²) in [5.74, 6) is -0.927. The van der Waals surface area contributed by atoms with Crippen molar-refractivity contribution in [2.75, 3.05) is 13.2 Å². The van der Waals surface area contributed by atoms with E-state index in [0.717, 1.165) is 12.8 Å². The van der Waals surface area contributed by atoms with E-state index in [-0.39, 0.29) is 6.61 Å². The first-order valence-corrected chi connectivity index (χ1v) is 6.45. The highest BCUT2D eigenvalue weighted by Crippen LogP contribution is 2.06. The molecule has 0 aromatic rings. The minimum absolute atomic E-state index is 0.272. The van der Waals surface area contributed by atoms with Crippen LogP contribution in [0.1, 0.15) is 58.8 Å². The molecule has 4 heteroatoms. The molecule has 0 unspecified atom stereocenters. The number of unbranched alkanes of at least 4 members (excludes halogenated alkanes) is 6. The largest absolute Gasteiger partial charge is 0.463 e. The summed E-state index contributed by atoms with van der Waals surface area (Å²) in [6.45, 7) is 3.62. The van der Waals surface area contributed by atoms with Crippen LogP contribution in [0.15, 0.2) is 0 Å². The lowest BCUT2D eigenvalue weighted by molar-refractivity contribution is -0.157. The summed E-state index contributed by atoms with van der Waals surface area (Å²) in [6, 6.07) is 0. The zero-order valence-corrected chi connectivity index (χ0v) is 11.0. The second kappa shape index (κ2) is 11.4. The Kier molecular flexibility index (Phi) is 10.7. The average Bonchev–Trinajstić information content (AvgIpc) is 2.30. The maximum Gasteiger partial charge on any atom is 0.344 e. The molecular weight excluding hydrogens is 220 g/mol. The Morgan fingerprint density at radius 3 is 2.06 bits per heavy atom. The molecule has 0 radical (unpaired) electrons. The number of rotatable bonds is 10. The number of ether oxygens (including phenoxy) is 2. The lowest BCUT2D eigenvalue weighted by atomic mass is 10.1. The fraction of sp³-hybridized carbons (Fsp3) is 0.846. The van der Waals surface area contributed by atoms with Gasteiger partial charge in [0.25, 0.3) is 0 Å². The highest BCUT2D eigenvalue weighted by atomic mass is 16.6. The van der Waals surface area contributed by atoms with Gasteiger partial charge in [-0.25, -0.2) is 4.79 Å². The number of hydrogen-bond donors (Lipinski definition) is 0. The summed E-state index contributed by atoms with van der Waals surface area (Å²) >= 11 is 0. The Morgan fingerprint density at radius 2 is 1.47 bits per heavy atom. The molecule has 0 saturated heterocycles. The van der Waals surface area contributed by atoms with Gasteiger partial charge in [0.1, 0.15) is 0 Å². The quantitative estimate of drug-likeness (QED) is 0.438. The van der Waals surface area contributed by atoms with Crippen molar-refractivity contribution in [2.24, 2.45) is 0 Å². The van der Waals surface area contributed by atoms with E-state index in [1.54, 1.807) is 0 Å². The molecule has 0 fully saturated rings. The van der Waals surface area contributed by atoms with Gasteiger partial charge in [-0.15, -0.1) is 0 Å². The first-order chi connectivity index (χ1) is 8.16. The molecule has 0 atom stereocenters. The third kappa shape index (κ3) is 12.9. The molecule has 0 heterocycles. The van der Waals surface area contributed by atoms with Gasteiger partial charge in [0.15, 0.2) is 6.61 Å². The van der Waals surface area contributed by atoms with Crippen LogP contribution in [0.25, 0.3) is 0 Å². The summed E-state index contributed by atoms with van der Waals surface area (Å²) in [7, 11) is 0. The van der Waals surface area contributed by atoms with Gasteiger partial charge in [0, 0.05) is 6.92 Å². The Balaban J connectivity index is 3.16. The van der Waals surface area contributed by atoms with Crippen LogP contribution < -0.4 is 0 Å². The fourth-order valence-electron chi connectivity index (χ4n) is 1.45. The molecule has 0 aromatic carbocycles. The number of carbonyl (C=O) groups is 2. The number of hydrogen-bond acceptors (Lipinski definition) is 4. The molecule has 0 aliphatic heterocycles. The first kappa shape index (κ1) is 15.9. The Morgan fingerprint density at radius 1 is 0.882 bits per heavy atom. The van der Waals surface area contributed by atoms with Crippen LogP contribution in [0, 0.1) is 0 Å². The highest BCUT2D eigenvalue weighted by Gasteiger charge is 2.04.